The fourth-order valence-electron chi connectivity index (χ4n) is 8.92. The Morgan fingerprint density at radius 2 is 1.87 bits per heavy atom. The standard InChI is InChI=1S/C27H43NO3/c1-6-18-20-9-7-8-14-26(20,3)22-12-15-27(4)19(10-11-21(27)23(22)24(18)29)17(2)13-16-28-25(30)31-5/h6,17,19-23H,7-16H2,1-5H3,(H,28,30)/b18-6+/t17-,19?,20+,21?,22+,23+,26+,27-/m1/s1. The first-order valence-corrected chi connectivity index (χ1v) is 12.8. The summed E-state index contributed by atoms with van der Waals surface area (Å²) < 4.78 is 4.71. The van der Waals surface area contributed by atoms with Crippen molar-refractivity contribution in [2.45, 2.75) is 85.5 Å². The summed E-state index contributed by atoms with van der Waals surface area (Å²) in [5, 5.41) is 2.85. The van der Waals surface area contributed by atoms with Crippen LogP contribution in [0.4, 0.5) is 4.79 Å². The van der Waals surface area contributed by atoms with Crippen molar-refractivity contribution in [1.29, 1.82) is 0 Å². The smallest absolute Gasteiger partial charge is 0.406 e. The molecule has 0 heterocycles. The van der Waals surface area contributed by atoms with Gasteiger partial charge in [-0.05, 0) is 97.9 Å². The molecule has 1 N–H and O–H groups in total. The number of ether oxygens (including phenoxy) is 1. The number of nitrogens with one attached hydrogen (secondary N) is 1. The Kier molecular flexibility index (Phi) is 6.31. The molecule has 0 aliphatic heterocycles. The van der Waals surface area contributed by atoms with Crippen LogP contribution < -0.4 is 5.32 Å². The minimum atomic E-state index is -0.342. The first-order chi connectivity index (χ1) is 14.8. The Labute approximate surface area is 189 Å². The number of amides is 1. The van der Waals surface area contributed by atoms with E-state index < -0.39 is 0 Å². The summed E-state index contributed by atoms with van der Waals surface area (Å²) in [6.07, 6.45) is 12.8. The lowest BCUT2D eigenvalue weighted by Gasteiger charge is -2.60. The van der Waals surface area contributed by atoms with Crippen molar-refractivity contribution in [3.05, 3.63) is 11.6 Å². The van der Waals surface area contributed by atoms with Crippen LogP contribution in [0, 0.1) is 46.3 Å². The van der Waals surface area contributed by atoms with Crippen LogP contribution in [-0.2, 0) is 9.53 Å². The Hall–Kier alpha value is -1.32. The largest absolute Gasteiger partial charge is 0.453 e. The van der Waals surface area contributed by atoms with E-state index in [0.29, 0.717) is 47.3 Å². The van der Waals surface area contributed by atoms with E-state index in [9.17, 15) is 9.59 Å². The number of hydrogen-bond donors (Lipinski definition) is 1. The number of methoxy groups -OCH3 is 1. The van der Waals surface area contributed by atoms with Gasteiger partial charge in [0.25, 0.3) is 0 Å². The molecule has 174 valence electrons. The molecule has 4 aliphatic carbocycles. The Bertz CT molecular complexity index is 745. The summed E-state index contributed by atoms with van der Waals surface area (Å²) in [5.41, 5.74) is 1.73. The zero-order chi connectivity index (χ0) is 22.4. The number of alkyl carbamates (subject to hydrolysis) is 1. The minimum absolute atomic E-state index is 0.231. The summed E-state index contributed by atoms with van der Waals surface area (Å²) in [7, 11) is 1.41. The topological polar surface area (TPSA) is 55.4 Å². The molecule has 0 bridgehead atoms. The molecule has 0 aromatic heterocycles. The molecule has 8 atom stereocenters. The van der Waals surface area contributed by atoms with E-state index in [1.165, 1.54) is 64.0 Å². The minimum Gasteiger partial charge on any atom is -0.453 e. The second-order valence-electron chi connectivity index (χ2n) is 11.6. The highest BCUT2D eigenvalue weighted by Crippen LogP contribution is 2.68. The quantitative estimate of drug-likeness (QED) is 0.545. The van der Waals surface area contributed by atoms with Gasteiger partial charge in [0.05, 0.1) is 7.11 Å². The third-order valence-electron chi connectivity index (χ3n) is 10.5. The zero-order valence-electron chi connectivity index (χ0n) is 20.3. The molecule has 1 amide bonds. The zero-order valence-corrected chi connectivity index (χ0v) is 20.3. The molecule has 0 saturated heterocycles. The van der Waals surface area contributed by atoms with Crippen LogP contribution in [0.2, 0.25) is 0 Å². The molecule has 4 rings (SSSR count). The number of rotatable bonds is 4. The molecular formula is C27H43NO3. The molecule has 4 nitrogen and oxygen atoms in total. The third kappa shape index (κ3) is 3.56. The monoisotopic (exact) mass is 429 g/mol. The second-order valence-corrected chi connectivity index (χ2v) is 11.6. The van der Waals surface area contributed by atoms with Gasteiger partial charge >= 0.3 is 6.09 Å². The predicted molar refractivity (Wildman–Crippen MR) is 124 cm³/mol. The molecule has 4 fully saturated rings. The number of Topliss-reactive ketones (excluding diaryl/α,β-unsaturated/α-hetero) is 1. The van der Waals surface area contributed by atoms with Gasteiger partial charge in [0, 0.05) is 12.5 Å². The summed E-state index contributed by atoms with van der Waals surface area (Å²) in [4.78, 5) is 25.3. The molecule has 4 heteroatoms. The van der Waals surface area contributed by atoms with Gasteiger partial charge in [-0.3, -0.25) is 4.79 Å². The summed E-state index contributed by atoms with van der Waals surface area (Å²) in [5.74, 6) is 3.50. The van der Waals surface area contributed by atoms with Gasteiger partial charge in [0.2, 0.25) is 0 Å². The van der Waals surface area contributed by atoms with E-state index in [4.69, 9.17) is 4.74 Å². The number of allylic oxidation sites excluding steroid dienone is 2. The van der Waals surface area contributed by atoms with E-state index in [1.54, 1.807) is 0 Å². The number of hydrogen-bond acceptors (Lipinski definition) is 3. The van der Waals surface area contributed by atoms with Crippen molar-refractivity contribution >= 4 is 11.9 Å². The second kappa shape index (κ2) is 8.56. The van der Waals surface area contributed by atoms with E-state index in [1.807, 2.05) is 0 Å². The number of ketones is 1. The van der Waals surface area contributed by atoms with E-state index in [2.05, 4.69) is 39.1 Å². The SMILES string of the molecule is C/C=C1/C(=O)[C@H]2C3CCC([C@H](C)CCNC(=O)OC)[C@@]3(C)CC[C@@H]2[C@@]2(C)CCCC[C@@H]12. The summed E-state index contributed by atoms with van der Waals surface area (Å²) in [6.45, 7) is 10.1. The predicted octanol–water partition coefficient (Wildman–Crippen LogP) is 6.15. The molecule has 0 aromatic carbocycles. The molecule has 0 radical (unpaired) electrons. The van der Waals surface area contributed by atoms with Crippen LogP contribution in [0.1, 0.15) is 85.5 Å². The lowest BCUT2D eigenvalue weighted by Crippen LogP contribution is -2.57. The van der Waals surface area contributed by atoms with Gasteiger partial charge in [0.15, 0.2) is 5.78 Å². The maximum absolute atomic E-state index is 13.9. The van der Waals surface area contributed by atoms with Gasteiger partial charge in [-0.2, -0.15) is 0 Å². The normalized spacial score (nSPS) is 44.2. The highest BCUT2D eigenvalue weighted by molar-refractivity contribution is 5.99. The van der Waals surface area contributed by atoms with Crippen molar-refractivity contribution in [1.82, 2.24) is 5.32 Å². The Balaban J connectivity index is 1.56. The van der Waals surface area contributed by atoms with Crippen LogP contribution >= 0.6 is 0 Å². The Morgan fingerprint density at radius 3 is 2.58 bits per heavy atom. The van der Waals surface area contributed by atoms with Crippen molar-refractivity contribution < 1.29 is 14.3 Å². The average Bonchev–Trinajstić information content (AvgIpc) is 3.11. The van der Waals surface area contributed by atoms with Crippen LogP contribution in [-0.4, -0.2) is 25.5 Å². The van der Waals surface area contributed by atoms with Crippen molar-refractivity contribution in [3.63, 3.8) is 0 Å². The van der Waals surface area contributed by atoms with Gasteiger partial charge in [-0.15, -0.1) is 0 Å². The summed E-state index contributed by atoms with van der Waals surface area (Å²) in [6, 6.07) is 0. The molecular weight excluding hydrogens is 386 g/mol. The highest BCUT2D eigenvalue weighted by Gasteiger charge is 2.63. The van der Waals surface area contributed by atoms with Gasteiger partial charge in [-0.25, -0.2) is 4.79 Å². The molecule has 2 unspecified atom stereocenters. The van der Waals surface area contributed by atoms with Gasteiger partial charge in [0.1, 0.15) is 0 Å². The molecule has 4 saturated carbocycles. The summed E-state index contributed by atoms with van der Waals surface area (Å²) >= 11 is 0. The van der Waals surface area contributed by atoms with Crippen LogP contribution in [0.5, 0.6) is 0 Å². The van der Waals surface area contributed by atoms with Crippen molar-refractivity contribution in [2.75, 3.05) is 13.7 Å². The number of fused-ring (bicyclic) bond motifs is 5. The number of carbonyl (C=O) groups excluding carboxylic acids is 2. The van der Waals surface area contributed by atoms with E-state index in [-0.39, 0.29) is 17.4 Å². The fourth-order valence-corrected chi connectivity index (χ4v) is 8.92. The van der Waals surface area contributed by atoms with Crippen molar-refractivity contribution in [2.24, 2.45) is 46.3 Å². The highest BCUT2D eigenvalue weighted by atomic mass is 16.5. The lowest BCUT2D eigenvalue weighted by molar-refractivity contribution is -0.146. The Morgan fingerprint density at radius 1 is 1.13 bits per heavy atom. The van der Waals surface area contributed by atoms with Crippen LogP contribution in [0.25, 0.3) is 0 Å². The van der Waals surface area contributed by atoms with Crippen LogP contribution in [0.15, 0.2) is 11.6 Å². The first-order valence-electron chi connectivity index (χ1n) is 12.8. The van der Waals surface area contributed by atoms with Crippen LogP contribution in [0.3, 0.4) is 0 Å². The molecule has 31 heavy (non-hydrogen) atoms. The molecule has 4 aliphatic rings. The third-order valence-corrected chi connectivity index (χ3v) is 10.5. The first kappa shape index (κ1) is 22.9. The molecule has 0 spiro atoms. The lowest BCUT2D eigenvalue weighted by atomic mass is 9.43. The average molecular weight is 430 g/mol. The van der Waals surface area contributed by atoms with Crippen molar-refractivity contribution in [3.8, 4) is 0 Å². The number of carbonyl (C=O) groups is 2. The van der Waals surface area contributed by atoms with Gasteiger partial charge < -0.3 is 10.1 Å². The van der Waals surface area contributed by atoms with E-state index in [0.717, 1.165) is 6.42 Å². The van der Waals surface area contributed by atoms with Gasteiger partial charge in [-0.1, -0.05) is 39.7 Å². The molecule has 0 aromatic rings. The maximum atomic E-state index is 13.9. The fraction of sp³-hybridized carbons (Fsp3) is 0.852. The van der Waals surface area contributed by atoms with E-state index >= 15 is 0 Å². The maximum Gasteiger partial charge on any atom is 0.406 e.